The standard InChI is InChI=1S/C19H22N2/c1-4-11-19(16(12-20)13-21)17(14(2)3)10-9-15-7-5-6-8-18(15)19/h4-8,14,16-17H,1,9-11H2,2-3H3/t17-,19+/m1/s1. The number of nitriles is 2. The Balaban J connectivity index is 2.73. The van der Waals surface area contributed by atoms with Crippen LogP contribution >= 0.6 is 0 Å². The first-order valence-corrected chi connectivity index (χ1v) is 7.60. The second-order valence-electron chi connectivity index (χ2n) is 6.27. The van der Waals surface area contributed by atoms with Crippen LogP contribution in [0.4, 0.5) is 0 Å². The van der Waals surface area contributed by atoms with Gasteiger partial charge < -0.3 is 0 Å². The predicted molar refractivity (Wildman–Crippen MR) is 84.3 cm³/mol. The normalized spacial score (nSPS) is 24.2. The maximum Gasteiger partial charge on any atom is 0.143 e. The molecule has 2 heteroatoms. The third-order valence-electron chi connectivity index (χ3n) is 4.97. The molecule has 0 heterocycles. The van der Waals surface area contributed by atoms with Crippen LogP contribution in [0, 0.1) is 40.4 Å². The Labute approximate surface area is 127 Å². The van der Waals surface area contributed by atoms with Gasteiger partial charge in [-0.1, -0.05) is 44.2 Å². The van der Waals surface area contributed by atoms with Crippen molar-refractivity contribution in [3.8, 4) is 12.1 Å². The molecule has 0 aliphatic heterocycles. The average Bonchev–Trinajstić information content (AvgIpc) is 2.49. The van der Waals surface area contributed by atoms with Crippen LogP contribution in [0.15, 0.2) is 36.9 Å². The lowest BCUT2D eigenvalue weighted by Crippen LogP contribution is -2.46. The molecular formula is C19H22N2. The fourth-order valence-electron chi connectivity index (χ4n) is 4.14. The number of aryl methyl sites for hydroxylation is 1. The molecule has 0 saturated heterocycles. The number of hydrogen-bond donors (Lipinski definition) is 0. The van der Waals surface area contributed by atoms with E-state index in [0.29, 0.717) is 18.3 Å². The van der Waals surface area contributed by atoms with Crippen LogP contribution in [-0.4, -0.2) is 0 Å². The highest BCUT2D eigenvalue weighted by molar-refractivity contribution is 5.42. The Bertz CT molecular complexity index is 589. The molecule has 0 radical (unpaired) electrons. The first-order chi connectivity index (χ1) is 10.1. The molecule has 0 fully saturated rings. The summed E-state index contributed by atoms with van der Waals surface area (Å²) in [5, 5.41) is 19.2. The van der Waals surface area contributed by atoms with Crippen LogP contribution in [0.5, 0.6) is 0 Å². The molecule has 1 aromatic carbocycles. The van der Waals surface area contributed by atoms with Crippen molar-refractivity contribution in [2.24, 2.45) is 17.8 Å². The molecule has 2 atom stereocenters. The monoisotopic (exact) mass is 278 g/mol. The van der Waals surface area contributed by atoms with Gasteiger partial charge in [-0.2, -0.15) is 10.5 Å². The Morgan fingerprint density at radius 1 is 1.33 bits per heavy atom. The van der Waals surface area contributed by atoms with Gasteiger partial charge in [0.2, 0.25) is 0 Å². The van der Waals surface area contributed by atoms with E-state index in [1.165, 1.54) is 11.1 Å². The average molecular weight is 278 g/mol. The summed E-state index contributed by atoms with van der Waals surface area (Å²) in [7, 11) is 0. The van der Waals surface area contributed by atoms with E-state index in [-0.39, 0.29) is 0 Å². The van der Waals surface area contributed by atoms with Gasteiger partial charge in [-0.3, -0.25) is 0 Å². The highest BCUT2D eigenvalue weighted by atomic mass is 14.5. The summed E-state index contributed by atoms with van der Waals surface area (Å²) in [4.78, 5) is 0. The molecule has 0 unspecified atom stereocenters. The van der Waals surface area contributed by atoms with Gasteiger partial charge in [0.05, 0.1) is 12.1 Å². The zero-order valence-electron chi connectivity index (χ0n) is 12.8. The van der Waals surface area contributed by atoms with E-state index in [1.807, 2.05) is 18.2 Å². The van der Waals surface area contributed by atoms with Crippen molar-refractivity contribution < 1.29 is 0 Å². The molecule has 0 aromatic heterocycles. The van der Waals surface area contributed by atoms with Gasteiger partial charge in [0.25, 0.3) is 0 Å². The zero-order valence-corrected chi connectivity index (χ0v) is 12.8. The molecule has 1 aliphatic rings. The Morgan fingerprint density at radius 2 is 2.00 bits per heavy atom. The minimum Gasteiger partial charge on any atom is -0.197 e. The fourth-order valence-corrected chi connectivity index (χ4v) is 4.14. The summed E-state index contributed by atoms with van der Waals surface area (Å²) in [5.41, 5.74) is 2.04. The van der Waals surface area contributed by atoms with E-state index in [1.54, 1.807) is 0 Å². The second kappa shape index (κ2) is 6.15. The van der Waals surface area contributed by atoms with Crippen molar-refractivity contribution in [3.63, 3.8) is 0 Å². The SMILES string of the molecule is C=CC[C@@]1(C(C#N)C#N)c2ccccc2CC[C@@H]1C(C)C. The maximum atomic E-state index is 9.59. The third-order valence-corrected chi connectivity index (χ3v) is 4.97. The summed E-state index contributed by atoms with van der Waals surface area (Å²) in [5.74, 6) is 0.126. The van der Waals surface area contributed by atoms with Crippen LogP contribution in [0.1, 0.15) is 37.8 Å². The minimum atomic E-state index is -0.635. The number of nitrogens with zero attached hydrogens (tertiary/aromatic N) is 2. The molecule has 0 spiro atoms. The quantitative estimate of drug-likeness (QED) is 0.767. The van der Waals surface area contributed by atoms with Crippen molar-refractivity contribution in [1.82, 2.24) is 0 Å². The van der Waals surface area contributed by atoms with Crippen molar-refractivity contribution >= 4 is 0 Å². The largest absolute Gasteiger partial charge is 0.197 e. The lowest BCUT2D eigenvalue weighted by atomic mass is 9.53. The van der Waals surface area contributed by atoms with Crippen LogP contribution in [0.2, 0.25) is 0 Å². The Hall–Kier alpha value is -2.06. The zero-order chi connectivity index (χ0) is 15.5. The van der Waals surface area contributed by atoms with E-state index in [2.05, 4.69) is 44.7 Å². The molecule has 2 rings (SSSR count). The maximum absolute atomic E-state index is 9.59. The minimum absolute atomic E-state index is 0.328. The van der Waals surface area contributed by atoms with E-state index < -0.39 is 11.3 Å². The second-order valence-corrected chi connectivity index (χ2v) is 6.27. The van der Waals surface area contributed by atoms with Gasteiger partial charge in [-0.25, -0.2) is 0 Å². The first kappa shape index (κ1) is 15.3. The molecule has 108 valence electrons. The van der Waals surface area contributed by atoms with Gasteiger partial charge in [0, 0.05) is 5.41 Å². The highest BCUT2D eigenvalue weighted by Gasteiger charge is 2.50. The van der Waals surface area contributed by atoms with Crippen molar-refractivity contribution in [1.29, 1.82) is 10.5 Å². The molecular weight excluding hydrogens is 256 g/mol. The fraction of sp³-hybridized carbons (Fsp3) is 0.474. The van der Waals surface area contributed by atoms with E-state index in [0.717, 1.165) is 12.8 Å². The number of hydrogen-bond acceptors (Lipinski definition) is 2. The summed E-state index contributed by atoms with van der Waals surface area (Å²) < 4.78 is 0. The molecule has 21 heavy (non-hydrogen) atoms. The van der Waals surface area contributed by atoms with E-state index in [9.17, 15) is 10.5 Å². The van der Waals surface area contributed by atoms with Crippen LogP contribution in [-0.2, 0) is 11.8 Å². The Kier molecular flexibility index (Phi) is 4.49. The van der Waals surface area contributed by atoms with Crippen LogP contribution in [0.3, 0.4) is 0 Å². The lowest BCUT2D eigenvalue weighted by Gasteiger charge is -2.48. The van der Waals surface area contributed by atoms with Gasteiger partial charge in [0.15, 0.2) is 0 Å². The Morgan fingerprint density at radius 3 is 2.57 bits per heavy atom. The summed E-state index contributed by atoms with van der Waals surface area (Å²) >= 11 is 0. The number of rotatable bonds is 4. The van der Waals surface area contributed by atoms with E-state index in [4.69, 9.17) is 0 Å². The van der Waals surface area contributed by atoms with Gasteiger partial charge in [-0.15, -0.1) is 6.58 Å². The number of allylic oxidation sites excluding steroid dienone is 1. The smallest absolute Gasteiger partial charge is 0.143 e. The van der Waals surface area contributed by atoms with Crippen molar-refractivity contribution in [2.45, 2.75) is 38.5 Å². The van der Waals surface area contributed by atoms with E-state index >= 15 is 0 Å². The van der Waals surface area contributed by atoms with Gasteiger partial charge in [-0.05, 0) is 42.2 Å². The first-order valence-electron chi connectivity index (χ1n) is 7.60. The summed E-state index contributed by atoms with van der Waals surface area (Å²) in [6.45, 7) is 8.29. The molecule has 0 bridgehead atoms. The molecule has 1 aromatic rings. The molecule has 1 aliphatic carbocycles. The molecule has 0 saturated carbocycles. The molecule has 2 nitrogen and oxygen atoms in total. The number of benzene rings is 1. The van der Waals surface area contributed by atoms with Gasteiger partial charge >= 0.3 is 0 Å². The lowest BCUT2D eigenvalue weighted by molar-refractivity contribution is 0.152. The summed E-state index contributed by atoms with van der Waals surface area (Å²) in [6.07, 6.45) is 4.61. The third kappa shape index (κ3) is 2.36. The van der Waals surface area contributed by atoms with Crippen LogP contribution in [0.25, 0.3) is 0 Å². The van der Waals surface area contributed by atoms with Crippen LogP contribution < -0.4 is 0 Å². The van der Waals surface area contributed by atoms with Crippen molar-refractivity contribution in [3.05, 3.63) is 48.0 Å². The number of fused-ring (bicyclic) bond motifs is 1. The predicted octanol–water partition coefficient (Wildman–Crippen LogP) is 4.38. The summed E-state index contributed by atoms with van der Waals surface area (Å²) in [6, 6.07) is 12.8. The van der Waals surface area contributed by atoms with Gasteiger partial charge in [0.1, 0.15) is 5.92 Å². The molecule has 0 amide bonds. The topological polar surface area (TPSA) is 47.6 Å². The molecule has 0 N–H and O–H groups in total. The highest BCUT2D eigenvalue weighted by Crippen LogP contribution is 2.51. The van der Waals surface area contributed by atoms with Crippen molar-refractivity contribution in [2.75, 3.05) is 0 Å².